The lowest BCUT2D eigenvalue weighted by molar-refractivity contribution is 0.663. The van der Waals surface area contributed by atoms with E-state index in [1.54, 1.807) is 0 Å². The van der Waals surface area contributed by atoms with Crippen molar-refractivity contribution in [3.8, 4) is 27.9 Å². The molecule has 0 amide bonds. The number of hydrogen-bond donors (Lipinski definition) is 0. The standard InChI is InChI=1S/C42H25NO2/c1-2-10-26(11-3-1)27-20-22-28(23-21-27)29-14-8-15-32-34-24-40-35(25-39(34)44-41(29)32)33-16-9-19-38(42(33)45-40)43-36-17-6-4-12-30(36)31-13-5-7-18-37(31)43/h1-25H. The van der Waals surface area contributed by atoms with Gasteiger partial charge in [-0.2, -0.15) is 0 Å². The highest BCUT2D eigenvalue weighted by Crippen LogP contribution is 2.42. The van der Waals surface area contributed by atoms with Crippen LogP contribution in [0.3, 0.4) is 0 Å². The van der Waals surface area contributed by atoms with Gasteiger partial charge in [-0.3, -0.25) is 0 Å². The molecular formula is C42H25NO2. The molecule has 0 aliphatic carbocycles. The highest BCUT2D eigenvalue weighted by molar-refractivity contribution is 6.18. The molecule has 10 aromatic rings. The van der Waals surface area contributed by atoms with Crippen molar-refractivity contribution in [1.82, 2.24) is 4.57 Å². The van der Waals surface area contributed by atoms with E-state index < -0.39 is 0 Å². The zero-order valence-electron chi connectivity index (χ0n) is 24.2. The average molecular weight is 576 g/mol. The lowest BCUT2D eigenvalue weighted by Crippen LogP contribution is -1.93. The first-order valence-corrected chi connectivity index (χ1v) is 15.3. The van der Waals surface area contributed by atoms with E-state index in [1.165, 1.54) is 21.9 Å². The first kappa shape index (κ1) is 24.4. The lowest BCUT2D eigenvalue weighted by Gasteiger charge is -2.08. The van der Waals surface area contributed by atoms with Gasteiger partial charge in [0.15, 0.2) is 5.58 Å². The summed E-state index contributed by atoms with van der Waals surface area (Å²) in [7, 11) is 0. The van der Waals surface area contributed by atoms with Crippen molar-refractivity contribution in [3.05, 3.63) is 152 Å². The smallest absolute Gasteiger partial charge is 0.159 e. The van der Waals surface area contributed by atoms with Gasteiger partial charge in [-0.05, 0) is 47.0 Å². The second-order valence-electron chi connectivity index (χ2n) is 11.7. The third-order valence-electron chi connectivity index (χ3n) is 9.22. The molecule has 0 aliphatic rings. The Balaban J connectivity index is 1.16. The van der Waals surface area contributed by atoms with Gasteiger partial charge in [-0.15, -0.1) is 0 Å². The van der Waals surface area contributed by atoms with Crippen LogP contribution in [0.1, 0.15) is 0 Å². The average Bonchev–Trinajstić information content (AvgIpc) is 3.77. The Morgan fingerprint density at radius 1 is 0.356 bits per heavy atom. The zero-order valence-corrected chi connectivity index (χ0v) is 24.2. The van der Waals surface area contributed by atoms with E-state index in [-0.39, 0.29) is 0 Å². The quantitative estimate of drug-likeness (QED) is 0.210. The first-order valence-electron chi connectivity index (χ1n) is 15.3. The molecule has 0 radical (unpaired) electrons. The van der Waals surface area contributed by atoms with Crippen LogP contribution in [0.25, 0.3) is 93.6 Å². The fraction of sp³-hybridized carbons (Fsp3) is 0. The van der Waals surface area contributed by atoms with E-state index in [4.69, 9.17) is 8.83 Å². The molecule has 0 aliphatic heterocycles. The lowest BCUT2D eigenvalue weighted by atomic mass is 9.99. The number of hydrogen-bond acceptors (Lipinski definition) is 2. The van der Waals surface area contributed by atoms with Gasteiger partial charge < -0.3 is 13.4 Å². The molecule has 3 heterocycles. The first-order chi connectivity index (χ1) is 22.3. The minimum Gasteiger partial charge on any atom is -0.455 e. The number of benzene rings is 7. The van der Waals surface area contributed by atoms with Crippen molar-refractivity contribution in [2.75, 3.05) is 0 Å². The Morgan fingerprint density at radius 3 is 1.56 bits per heavy atom. The fourth-order valence-electron chi connectivity index (χ4n) is 7.13. The van der Waals surface area contributed by atoms with E-state index in [1.807, 2.05) is 6.07 Å². The summed E-state index contributed by atoms with van der Waals surface area (Å²) in [6, 6.07) is 53.5. The molecular weight excluding hydrogens is 550 g/mol. The van der Waals surface area contributed by atoms with Gasteiger partial charge in [0.2, 0.25) is 0 Å². The number of para-hydroxylation sites is 4. The van der Waals surface area contributed by atoms with Crippen LogP contribution in [-0.2, 0) is 0 Å². The molecule has 0 unspecified atom stereocenters. The van der Waals surface area contributed by atoms with Crippen LogP contribution in [0.5, 0.6) is 0 Å². The summed E-state index contributed by atoms with van der Waals surface area (Å²) < 4.78 is 15.7. The predicted molar refractivity (Wildman–Crippen MR) is 186 cm³/mol. The predicted octanol–water partition coefficient (Wildman–Crippen LogP) is 11.9. The van der Waals surface area contributed by atoms with Crippen LogP contribution in [0.4, 0.5) is 0 Å². The molecule has 0 fully saturated rings. The van der Waals surface area contributed by atoms with Crippen LogP contribution in [-0.4, -0.2) is 4.57 Å². The van der Waals surface area contributed by atoms with Crippen LogP contribution in [0.15, 0.2) is 160 Å². The third-order valence-corrected chi connectivity index (χ3v) is 9.22. The summed E-state index contributed by atoms with van der Waals surface area (Å²) in [6.07, 6.45) is 0. The minimum absolute atomic E-state index is 0.853. The Bertz CT molecular complexity index is 2690. The van der Waals surface area contributed by atoms with Crippen molar-refractivity contribution >= 4 is 65.7 Å². The SMILES string of the molecule is c1ccc(-c2ccc(-c3cccc4c3oc3cc5c(cc34)oc3c(-n4c6ccccc6c6ccccc64)cccc35)cc2)cc1. The number of fused-ring (bicyclic) bond motifs is 9. The normalized spacial score (nSPS) is 12.0. The molecule has 0 atom stereocenters. The van der Waals surface area contributed by atoms with Crippen molar-refractivity contribution in [2.24, 2.45) is 0 Å². The van der Waals surface area contributed by atoms with Crippen molar-refractivity contribution in [2.45, 2.75) is 0 Å². The third kappa shape index (κ3) is 3.52. The Kier molecular flexibility index (Phi) is 5.00. The van der Waals surface area contributed by atoms with E-state index >= 15 is 0 Å². The highest BCUT2D eigenvalue weighted by atomic mass is 16.3. The molecule has 10 rings (SSSR count). The minimum atomic E-state index is 0.853. The molecule has 7 aromatic carbocycles. The van der Waals surface area contributed by atoms with Gasteiger partial charge in [-0.25, -0.2) is 0 Å². The van der Waals surface area contributed by atoms with Crippen molar-refractivity contribution in [3.63, 3.8) is 0 Å². The van der Waals surface area contributed by atoms with Gasteiger partial charge >= 0.3 is 0 Å². The summed E-state index contributed by atoms with van der Waals surface area (Å²) in [6.45, 7) is 0. The Morgan fingerprint density at radius 2 is 0.867 bits per heavy atom. The van der Waals surface area contributed by atoms with Crippen molar-refractivity contribution in [1.29, 1.82) is 0 Å². The molecule has 45 heavy (non-hydrogen) atoms. The molecule has 3 nitrogen and oxygen atoms in total. The Labute approximate surface area is 258 Å². The highest BCUT2D eigenvalue weighted by Gasteiger charge is 2.19. The van der Waals surface area contributed by atoms with E-state index in [9.17, 15) is 0 Å². The molecule has 0 spiro atoms. The van der Waals surface area contributed by atoms with Gasteiger partial charge in [0, 0.05) is 37.9 Å². The molecule has 0 N–H and O–H groups in total. The van der Waals surface area contributed by atoms with E-state index in [0.29, 0.717) is 0 Å². The zero-order chi connectivity index (χ0) is 29.5. The van der Waals surface area contributed by atoms with Crippen LogP contribution < -0.4 is 0 Å². The number of rotatable bonds is 3. The van der Waals surface area contributed by atoms with Crippen LogP contribution in [0, 0.1) is 0 Å². The second-order valence-corrected chi connectivity index (χ2v) is 11.7. The molecule has 3 heteroatoms. The van der Waals surface area contributed by atoms with Gasteiger partial charge in [-0.1, -0.05) is 121 Å². The Hall–Kier alpha value is -6.06. The number of nitrogens with zero attached hydrogens (tertiary/aromatic N) is 1. The molecule has 0 bridgehead atoms. The summed E-state index contributed by atoms with van der Waals surface area (Å²) in [5.74, 6) is 0. The monoisotopic (exact) mass is 575 g/mol. The fourth-order valence-corrected chi connectivity index (χ4v) is 7.13. The number of furan rings is 2. The summed E-state index contributed by atoms with van der Waals surface area (Å²) >= 11 is 0. The van der Waals surface area contributed by atoms with Crippen molar-refractivity contribution < 1.29 is 8.83 Å². The maximum atomic E-state index is 6.74. The summed E-state index contributed by atoms with van der Waals surface area (Å²) in [5.41, 5.74) is 11.4. The maximum Gasteiger partial charge on any atom is 0.159 e. The maximum absolute atomic E-state index is 6.74. The number of aromatic nitrogens is 1. The largest absolute Gasteiger partial charge is 0.455 e. The molecule has 0 saturated carbocycles. The van der Waals surface area contributed by atoms with E-state index in [0.717, 1.165) is 71.7 Å². The molecule has 3 aromatic heterocycles. The second kappa shape index (κ2) is 9.22. The van der Waals surface area contributed by atoms with Gasteiger partial charge in [0.05, 0.1) is 16.7 Å². The van der Waals surface area contributed by atoms with Crippen LogP contribution >= 0.6 is 0 Å². The van der Waals surface area contributed by atoms with E-state index in [2.05, 4.69) is 150 Å². The topological polar surface area (TPSA) is 31.2 Å². The van der Waals surface area contributed by atoms with Crippen LogP contribution in [0.2, 0.25) is 0 Å². The van der Waals surface area contributed by atoms with Gasteiger partial charge in [0.25, 0.3) is 0 Å². The summed E-state index contributed by atoms with van der Waals surface area (Å²) in [5, 5.41) is 6.72. The molecule has 210 valence electrons. The molecule has 0 saturated heterocycles. The summed E-state index contributed by atoms with van der Waals surface area (Å²) in [4.78, 5) is 0. The van der Waals surface area contributed by atoms with Gasteiger partial charge in [0.1, 0.15) is 16.7 Å².